The van der Waals surface area contributed by atoms with Gasteiger partial charge in [-0.15, -0.1) is 0 Å². The molecule has 2 rings (SSSR count). The van der Waals surface area contributed by atoms with Crippen LogP contribution in [-0.2, 0) is 6.42 Å². The van der Waals surface area contributed by atoms with Gasteiger partial charge < -0.3 is 10.4 Å². The molecule has 2 amide bonds. The van der Waals surface area contributed by atoms with E-state index >= 15 is 0 Å². The maximum atomic E-state index is 11.7. The van der Waals surface area contributed by atoms with Crippen molar-refractivity contribution in [2.45, 2.75) is 13.3 Å². The Kier molecular flexibility index (Phi) is 4.55. The van der Waals surface area contributed by atoms with E-state index in [1.807, 2.05) is 25.1 Å². The number of hydrogen-bond acceptors (Lipinski definition) is 3. The van der Waals surface area contributed by atoms with Gasteiger partial charge in [0.25, 0.3) is 0 Å². The molecule has 0 aliphatic heterocycles. The summed E-state index contributed by atoms with van der Waals surface area (Å²) in [5, 5.41) is 14.8. The van der Waals surface area contributed by atoms with E-state index in [0.717, 1.165) is 11.3 Å². The molecule has 5 heteroatoms. The van der Waals surface area contributed by atoms with Crippen LogP contribution in [0.5, 0.6) is 5.75 Å². The van der Waals surface area contributed by atoms with Crippen LogP contribution in [0.3, 0.4) is 0 Å². The molecule has 1 aromatic heterocycles. The molecule has 0 fully saturated rings. The lowest BCUT2D eigenvalue weighted by molar-refractivity contribution is 0.252. The molecule has 0 radical (unpaired) electrons. The van der Waals surface area contributed by atoms with E-state index in [0.29, 0.717) is 18.8 Å². The highest BCUT2D eigenvalue weighted by atomic mass is 16.3. The van der Waals surface area contributed by atoms with Crippen molar-refractivity contribution in [3.05, 3.63) is 53.7 Å². The molecule has 2 aromatic rings. The summed E-state index contributed by atoms with van der Waals surface area (Å²) in [6.45, 7) is 2.35. The predicted molar refractivity (Wildman–Crippen MR) is 77.8 cm³/mol. The second-order valence-electron chi connectivity index (χ2n) is 4.47. The van der Waals surface area contributed by atoms with Crippen molar-refractivity contribution >= 4 is 11.8 Å². The molecule has 0 atom stereocenters. The number of benzene rings is 1. The molecule has 1 aromatic carbocycles. The van der Waals surface area contributed by atoms with Crippen LogP contribution in [-0.4, -0.2) is 22.7 Å². The molecule has 0 aliphatic rings. The average molecular weight is 271 g/mol. The first-order chi connectivity index (χ1) is 9.63. The van der Waals surface area contributed by atoms with Crippen LogP contribution in [0.2, 0.25) is 0 Å². The van der Waals surface area contributed by atoms with Gasteiger partial charge in [0.2, 0.25) is 0 Å². The zero-order chi connectivity index (χ0) is 14.4. The standard InChI is InChI=1S/C15H17N3O2/c1-11-4-2-7-14(17-11)18-15(20)16-9-8-12-5-3-6-13(19)10-12/h2-7,10,19H,8-9H2,1H3,(H2,16,17,18,20). The third-order valence-electron chi connectivity index (χ3n) is 2.74. The van der Waals surface area contributed by atoms with Crippen LogP contribution in [0.25, 0.3) is 0 Å². The topological polar surface area (TPSA) is 74.2 Å². The summed E-state index contributed by atoms with van der Waals surface area (Å²) in [7, 11) is 0. The van der Waals surface area contributed by atoms with Gasteiger partial charge >= 0.3 is 6.03 Å². The zero-order valence-corrected chi connectivity index (χ0v) is 11.3. The highest BCUT2D eigenvalue weighted by Crippen LogP contribution is 2.10. The number of nitrogens with zero attached hydrogens (tertiary/aromatic N) is 1. The molecular weight excluding hydrogens is 254 g/mol. The molecule has 0 aliphatic carbocycles. The van der Waals surface area contributed by atoms with Gasteiger partial charge in [0.1, 0.15) is 11.6 Å². The molecule has 3 N–H and O–H groups in total. The van der Waals surface area contributed by atoms with Crippen molar-refractivity contribution in [3.8, 4) is 5.75 Å². The summed E-state index contributed by atoms with van der Waals surface area (Å²) >= 11 is 0. The lowest BCUT2D eigenvalue weighted by atomic mass is 10.1. The summed E-state index contributed by atoms with van der Waals surface area (Å²) in [6.07, 6.45) is 0.656. The highest BCUT2D eigenvalue weighted by molar-refractivity contribution is 5.88. The van der Waals surface area contributed by atoms with Gasteiger partial charge in [0.05, 0.1) is 0 Å². The fourth-order valence-electron chi connectivity index (χ4n) is 1.81. The van der Waals surface area contributed by atoms with Gasteiger partial charge in [-0.05, 0) is 43.2 Å². The van der Waals surface area contributed by atoms with Crippen molar-refractivity contribution < 1.29 is 9.90 Å². The van der Waals surface area contributed by atoms with E-state index in [2.05, 4.69) is 15.6 Å². The van der Waals surface area contributed by atoms with Crippen LogP contribution in [0.15, 0.2) is 42.5 Å². The van der Waals surface area contributed by atoms with Crippen molar-refractivity contribution in [1.82, 2.24) is 10.3 Å². The maximum Gasteiger partial charge on any atom is 0.320 e. The largest absolute Gasteiger partial charge is 0.508 e. The molecule has 1 heterocycles. The normalized spacial score (nSPS) is 10.1. The summed E-state index contributed by atoms with van der Waals surface area (Å²) in [4.78, 5) is 15.9. The van der Waals surface area contributed by atoms with Gasteiger partial charge in [-0.2, -0.15) is 0 Å². The number of carbonyl (C=O) groups excluding carboxylic acids is 1. The number of aromatic nitrogens is 1. The van der Waals surface area contributed by atoms with E-state index in [1.165, 1.54) is 0 Å². The number of aryl methyl sites for hydroxylation is 1. The minimum Gasteiger partial charge on any atom is -0.508 e. The smallest absolute Gasteiger partial charge is 0.320 e. The van der Waals surface area contributed by atoms with Gasteiger partial charge in [-0.1, -0.05) is 18.2 Å². The molecule has 20 heavy (non-hydrogen) atoms. The Morgan fingerprint density at radius 3 is 2.80 bits per heavy atom. The molecule has 5 nitrogen and oxygen atoms in total. The van der Waals surface area contributed by atoms with Gasteiger partial charge in [-0.3, -0.25) is 5.32 Å². The fraction of sp³-hybridized carbons (Fsp3) is 0.200. The maximum absolute atomic E-state index is 11.7. The Bertz CT molecular complexity index is 599. The minimum atomic E-state index is -0.289. The van der Waals surface area contributed by atoms with Crippen molar-refractivity contribution in [2.75, 3.05) is 11.9 Å². The number of nitrogens with one attached hydrogen (secondary N) is 2. The quantitative estimate of drug-likeness (QED) is 0.799. The number of anilines is 1. The number of carbonyl (C=O) groups is 1. The first kappa shape index (κ1) is 13.9. The summed E-state index contributed by atoms with van der Waals surface area (Å²) in [5.41, 5.74) is 1.82. The van der Waals surface area contributed by atoms with E-state index in [1.54, 1.807) is 24.3 Å². The number of urea groups is 1. The Balaban J connectivity index is 1.78. The third kappa shape index (κ3) is 4.28. The number of aromatic hydroxyl groups is 1. The lowest BCUT2D eigenvalue weighted by Crippen LogP contribution is -2.30. The van der Waals surface area contributed by atoms with E-state index < -0.39 is 0 Å². The van der Waals surface area contributed by atoms with Crippen molar-refractivity contribution in [2.24, 2.45) is 0 Å². The Morgan fingerprint density at radius 1 is 1.25 bits per heavy atom. The van der Waals surface area contributed by atoms with E-state index in [-0.39, 0.29) is 11.8 Å². The zero-order valence-electron chi connectivity index (χ0n) is 11.3. The summed E-state index contributed by atoms with van der Waals surface area (Å²) in [6, 6.07) is 12.1. The van der Waals surface area contributed by atoms with Gasteiger partial charge in [0, 0.05) is 12.2 Å². The van der Waals surface area contributed by atoms with Crippen LogP contribution in [0, 0.1) is 6.92 Å². The molecule has 0 saturated carbocycles. The molecular formula is C15H17N3O2. The predicted octanol–water partition coefficient (Wildman–Crippen LogP) is 2.46. The average Bonchev–Trinajstić information content (AvgIpc) is 2.38. The lowest BCUT2D eigenvalue weighted by Gasteiger charge is -2.07. The van der Waals surface area contributed by atoms with Gasteiger partial charge in [-0.25, -0.2) is 9.78 Å². The Hall–Kier alpha value is -2.56. The number of phenols is 1. The second kappa shape index (κ2) is 6.56. The third-order valence-corrected chi connectivity index (χ3v) is 2.74. The first-order valence-corrected chi connectivity index (χ1v) is 6.40. The molecule has 0 spiro atoms. The minimum absolute atomic E-state index is 0.232. The molecule has 0 bridgehead atoms. The highest BCUT2D eigenvalue weighted by Gasteiger charge is 2.02. The second-order valence-corrected chi connectivity index (χ2v) is 4.47. The Morgan fingerprint density at radius 2 is 2.05 bits per heavy atom. The number of hydrogen-bond donors (Lipinski definition) is 3. The number of phenolic OH excluding ortho intramolecular Hbond substituents is 1. The summed E-state index contributed by atoms with van der Waals surface area (Å²) < 4.78 is 0. The van der Waals surface area contributed by atoms with E-state index in [9.17, 15) is 9.90 Å². The Labute approximate surface area is 117 Å². The first-order valence-electron chi connectivity index (χ1n) is 6.40. The van der Waals surface area contributed by atoms with Crippen molar-refractivity contribution in [1.29, 1.82) is 0 Å². The van der Waals surface area contributed by atoms with E-state index in [4.69, 9.17) is 0 Å². The van der Waals surface area contributed by atoms with Crippen LogP contribution < -0.4 is 10.6 Å². The number of amides is 2. The SMILES string of the molecule is Cc1cccc(NC(=O)NCCc2cccc(O)c2)n1. The monoisotopic (exact) mass is 271 g/mol. The van der Waals surface area contributed by atoms with Crippen LogP contribution in [0.1, 0.15) is 11.3 Å². The molecule has 0 saturated heterocycles. The molecule has 0 unspecified atom stereocenters. The van der Waals surface area contributed by atoms with Gasteiger partial charge in [0.15, 0.2) is 0 Å². The van der Waals surface area contributed by atoms with Crippen molar-refractivity contribution in [3.63, 3.8) is 0 Å². The molecule has 104 valence electrons. The summed E-state index contributed by atoms with van der Waals surface area (Å²) in [5.74, 6) is 0.760. The van der Waals surface area contributed by atoms with Crippen LogP contribution >= 0.6 is 0 Å². The van der Waals surface area contributed by atoms with Crippen LogP contribution in [0.4, 0.5) is 10.6 Å². The fourth-order valence-corrected chi connectivity index (χ4v) is 1.81. The number of pyridine rings is 1. The number of rotatable bonds is 4.